The second-order valence-corrected chi connectivity index (χ2v) is 7.05. The highest BCUT2D eigenvalue weighted by Gasteiger charge is 2.19. The van der Waals surface area contributed by atoms with Gasteiger partial charge in [0.2, 0.25) is 5.91 Å². The van der Waals surface area contributed by atoms with Crippen molar-refractivity contribution in [2.45, 2.75) is 25.8 Å². The van der Waals surface area contributed by atoms with Crippen molar-refractivity contribution in [3.63, 3.8) is 0 Å². The maximum atomic E-state index is 14.3. The van der Waals surface area contributed by atoms with E-state index in [9.17, 15) is 27.9 Å². The number of esters is 1. The molecule has 0 aliphatic carbocycles. The van der Waals surface area contributed by atoms with E-state index in [1.807, 2.05) is 0 Å². The molecule has 1 amide bonds. The minimum absolute atomic E-state index is 0.0597. The van der Waals surface area contributed by atoms with Crippen molar-refractivity contribution in [1.29, 1.82) is 0 Å². The van der Waals surface area contributed by atoms with Gasteiger partial charge in [0.05, 0.1) is 18.2 Å². The van der Waals surface area contributed by atoms with Gasteiger partial charge in [0.1, 0.15) is 24.1 Å². The van der Waals surface area contributed by atoms with E-state index >= 15 is 0 Å². The SMILES string of the molecule is CC(=O)OCC(CO)NC(=O)CCc1c(-c2ccc(F)cc2)[nH]c2c(F)cc(F)cc12. The molecule has 0 radical (unpaired) electrons. The highest BCUT2D eigenvalue weighted by atomic mass is 19.1. The number of aliphatic hydroxyl groups excluding tert-OH is 1. The van der Waals surface area contributed by atoms with Crippen LogP contribution in [0.3, 0.4) is 0 Å². The van der Waals surface area contributed by atoms with E-state index in [1.165, 1.54) is 37.3 Å². The van der Waals surface area contributed by atoms with Crippen LogP contribution >= 0.6 is 0 Å². The molecule has 0 bridgehead atoms. The molecule has 0 aliphatic rings. The predicted octanol–water partition coefficient (Wildman–Crippen LogP) is 3.23. The molecule has 0 saturated carbocycles. The lowest BCUT2D eigenvalue weighted by molar-refractivity contribution is -0.142. The summed E-state index contributed by atoms with van der Waals surface area (Å²) in [5, 5.41) is 12.2. The maximum absolute atomic E-state index is 14.3. The second kappa shape index (κ2) is 9.65. The first-order valence-corrected chi connectivity index (χ1v) is 9.57. The summed E-state index contributed by atoms with van der Waals surface area (Å²) >= 11 is 0. The van der Waals surface area contributed by atoms with Gasteiger partial charge in [-0.05, 0) is 47.9 Å². The molecular weight excluding hydrogens is 413 g/mol. The summed E-state index contributed by atoms with van der Waals surface area (Å²) in [6.45, 7) is 0.605. The first kappa shape index (κ1) is 22.4. The molecule has 0 aliphatic heterocycles. The molecule has 1 aromatic heterocycles. The molecule has 3 rings (SSSR count). The van der Waals surface area contributed by atoms with E-state index in [4.69, 9.17) is 4.74 Å². The van der Waals surface area contributed by atoms with Crippen molar-refractivity contribution in [2.75, 3.05) is 13.2 Å². The third-order valence-corrected chi connectivity index (χ3v) is 4.74. The largest absolute Gasteiger partial charge is 0.464 e. The maximum Gasteiger partial charge on any atom is 0.302 e. The summed E-state index contributed by atoms with van der Waals surface area (Å²) in [7, 11) is 0. The fourth-order valence-corrected chi connectivity index (χ4v) is 3.29. The van der Waals surface area contributed by atoms with Gasteiger partial charge in [-0.15, -0.1) is 0 Å². The predicted molar refractivity (Wildman–Crippen MR) is 108 cm³/mol. The Morgan fingerprint density at radius 1 is 1.13 bits per heavy atom. The lowest BCUT2D eigenvalue weighted by Gasteiger charge is -2.16. The highest BCUT2D eigenvalue weighted by Crippen LogP contribution is 2.33. The Hall–Kier alpha value is -3.33. The zero-order chi connectivity index (χ0) is 22.5. The number of hydrogen-bond donors (Lipinski definition) is 3. The van der Waals surface area contributed by atoms with E-state index in [-0.39, 0.29) is 30.4 Å². The van der Waals surface area contributed by atoms with E-state index in [1.54, 1.807) is 0 Å². The van der Waals surface area contributed by atoms with Gasteiger partial charge in [-0.25, -0.2) is 13.2 Å². The number of H-pyrrole nitrogens is 1. The van der Waals surface area contributed by atoms with Crippen LogP contribution in [0.1, 0.15) is 18.9 Å². The molecule has 9 heteroatoms. The number of amides is 1. The molecular formula is C22H21F3N2O4. The van der Waals surface area contributed by atoms with Crippen LogP contribution in [0.15, 0.2) is 36.4 Å². The molecule has 1 unspecified atom stereocenters. The van der Waals surface area contributed by atoms with Crippen molar-refractivity contribution in [3.8, 4) is 11.3 Å². The van der Waals surface area contributed by atoms with Gasteiger partial charge in [-0.3, -0.25) is 9.59 Å². The summed E-state index contributed by atoms with van der Waals surface area (Å²) in [4.78, 5) is 26.2. The second-order valence-electron chi connectivity index (χ2n) is 7.05. The van der Waals surface area contributed by atoms with Gasteiger partial charge in [-0.1, -0.05) is 0 Å². The minimum atomic E-state index is -0.782. The van der Waals surface area contributed by atoms with Crippen LogP contribution in [-0.4, -0.2) is 41.2 Å². The number of aryl methyl sites for hydroxylation is 1. The minimum Gasteiger partial charge on any atom is -0.464 e. The summed E-state index contributed by atoms with van der Waals surface area (Å²) in [6.07, 6.45) is 0.0585. The van der Waals surface area contributed by atoms with Gasteiger partial charge in [-0.2, -0.15) is 0 Å². The van der Waals surface area contributed by atoms with E-state index < -0.39 is 42.0 Å². The Labute approximate surface area is 176 Å². The Kier molecular flexibility index (Phi) is 6.96. The molecule has 3 N–H and O–H groups in total. The van der Waals surface area contributed by atoms with Gasteiger partial charge >= 0.3 is 5.97 Å². The fraction of sp³-hybridized carbons (Fsp3) is 0.273. The van der Waals surface area contributed by atoms with Crippen LogP contribution in [0.5, 0.6) is 0 Å². The van der Waals surface area contributed by atoms with Crippen molar-refractivity contribution < 1.29 is 32.6 Å². The third-order valence-electron chi connectivity index (χ3n) is 4.74. The smallest absolute Gasteiger partial charge is 0.302 e. The summed E-state index contributed by atoms with van der Waals surface area (Å²) in [5.74, 6) is -2.97. The number of aromatic nitrogens is 1. The van der Waals surface area contributed by atoms with Crippen LogP contribution in [-0.2, 0) is 20.7 Å². The molecule has 1 heterocycles. The van der Waals surface area contributed by atoms with Crippen LogP contribution in [0.25, 0.3) is 22.2 Å². The number of aromatic amines is 1. The number of aliphatic hydroxyl groups is 1. The summed E-state index contributed by atoms with van der Waals surface area (Å²) in [5.41, 5.74) is 1.58. The Morgan fingerprint density at radius 2 is 1.84 bits per heavy atom. The summed E-state index contributed by atoms with van der Waals surface area (Å²) < 4.78 is 46.3. The average Bonchev–Trinajstić information content (AvgIpc) is 3.08. The summed E-state index contributed by atoms with van der Waals surface area (Å²) in [6, 6.07) is 6.64. The molecule has 6 nitrogen and oxygen atoms in total. The van der Waals surface area contributed by atoms with Crippen LogP contribution in [0.4, 0.5) is 13.2 Å². The number of carbonyl (C=O) groups is 2. The molecule has 3 aromatic rings. The monoisotopic (exact) mass is 434 g/mol. The zero-order valence-electron chi connectivity index (χ0n) is 16.7. The Morgan fingerprint density at radius 3 is 2.48 bits per heavy atom. The van der Waals surface area contributed by atoms with Crippen molar-refractivity contribution in [3.05, 3.63) is 59.4 Å². The number of rotatable bonds is 8. The zero-order valence-corrected chi connectivity index (χ0v) is 16.7. The fourth-order valence-electron chi connectivity index (χ4n) is 3.29. The van der Waals surface area contributed by atoms with E-state index in [0.29, 0.717) is 16.8 Å². The lowest BCUT2D eigenvalue weighted by Crippen LogP contribution is -2.41. The number of halogens is 3. The van der Waals surface area contributed by atoms with Gasteiger partial charge < -0.3 is 20.1 Å². The lowest BCUT2D eigenvalue weighted by atomic mass is 10.0. The molecule has 1 atom stereocenters. The van der Waals surface area contributed by atoms with Crippen LogP contribution in [0.2, 0.25) is 0 Å². The third kappa shape index (κ3) is 5.43. The standard InChI is InChI=1S/C22H21F3N2O4/c1-12(29)31-11-16(10-28)26-20(30)7-6-17-18-8-15(24)9-19(25)22(18)27-21(17)13-2-4-14(23)5-3-13/h2-5,8-9,16,27-28H,6-7,10-11H2,1H3,(H,26,30). The number of nitrogens with one attached hydrogen (secondary N) is 2. The van der Waals surface area contributed by atoms with Crippen molar-refractivity contribution in [2.24, 2.45) is 0 Å². The highest BCUT2D eigenvalue weighted by molar-refractivity contribution is 5.92. The normalized spacial score (nSPS) is 12.0. The van der Waals surface area contributed by atoms with Crippen molar-refractivity contribution in [1.82, 2.24) is 10.3 Å². The number of carbonyl (C=O) groups excluding carboxylic acids is 2. The van der Waals surface area contributed by atoms with E-state index in [2.05, 4.69) is 10.3 Å². The van der Waals surface area contributed by atoms with Crippen LogP contribution in [0, 0.1) is 17.5 Å². The quantitative estimate of drug-likeness (QED) is 0.475. The topological polar surface area (TPSA) is 91.4 Å². The number of ether oxygens (including phenoxy) is 1. The first-order valence-electron chi connectivity index (χ1n) is 9.57. The molecule has 31 heavy (non-hydrogen) atoms. The molecule has 164 valence electrons. The van der Waals surface area contributed by atoms with Crippen molar-refractivity contribution >= 4 is 22.8 Å². The number of benzene rings is 2. The van der Waals surface area contributed by atoms with Gasteiger partial charge in [0.25, 0.3) is 0 Å². The van der Waals surface area contributed by atoms with Gasteiger partial charge in [0.15, 0.2) is 0 Å². The molecule has 2 aromatic carbocycles. The Balaban J connectivity index is 1.86. The Bertz CT molecular complexity index is 1100. The first-order chi connectivity index (χ1) is 14.8. The molecule has 0 fully saturated rings. The molecule has 0 saturated heterocycles. The average molecular weight is 434 g/mol. The van der Waals surface area contributed by atoms with E-state index in [0.717, 1.165) is 6.07 Å². The van der Waals surface area contributed by atoms with Crippen LogP contribution < -0.4 is 5.32 Å². The van der Waals surface area contributed by atoms with Gasteiger partial charge in [0, 0.05) is 30.5 Å². The number of fused-ring (bicyclic) bond motifs is 1. The number of hydrogen-bond acceptors (Lipinski definition) is 4. The molecule has 0 spiro atoms.